The van der Waals surface area contributed by atoms with Crippen molar-refractivity contribution < 1.29 is 14.9 Å². The number of hydrogen-bond acceptors (Lipinski definition) is 4. The highest BCUT2D eigenvalue weighted by Gasteiger charge is 2.25. The lowest BCUT2D eigenvalue weighted by Crippen LogP contribution is -2.36. The van der Waals surface area contributed by atoms with Crippen LogP contribution in [0.2, 0.25) is 0 Å². The van der Waals surface area contributed by atoms with Crippen LogP contribution in [0.15, 0.2) is 0 Å². The number of nitrogens with one attached hydrogen (secondary N) is 1. The average molecular weight is 299 g/mol. The van der Waals surface area contributed by atoms with Gasteiger partial charge in [0.1, 0.15) is 0 Å². The van der Waals surface area contributed by atoms with Gasteiger partial charge in [-0.05, 0) is 50.5 Å². The van der Waals surface area contributed by atoms with Crippen molar-refractivity contribution in [1.82, 2.24) is 5.32 Å². The van der Waals surface area contributed by atoms with Crippen molar-refractivity contribution in [3.8, 4) is 0 Å². The smallest absolute Gasteiger partial charge is 0.0897 e. The number of rotatable bonds is 8. The van der Waals surface area contributed by atoms with Crippen LogP contribution in [0.25, 0.3) is 0 Å². The van der Waals surface area contributed by atoms with Gasteiger partial charge in [-0.1, -0.05) is 26.2 Å². The molecule has 124 valence electrons. The molecule has 4 nitrogen and oxygen atoms in total. The number of ether oxygens (including phenoxy) is 1. The lowest BCUT2D eigenvalue weighted by molar-refractivity contribution is -0.0499. The van der Waals surface area contributed by atoms with Gasteiger partial charge in [0.25, 0.3) is 0 Å². The molecule has 2 saturated carbocycles. The second-order valence-electron chi connectivity index (χ2n) is 6.97. The molecule has 0 bridgehead atoms. The third kappa shape index (κ3) is 5.85. The van der Waals surface area contributed by atoms with E-state index in [1.165, 1.54) is 25.7 Å². The van der Waals surface area contributed by atoms with E-state index < -0.39 is 6.10 Å². The second kappa shape index (κ2) is 9.09. The summed E-state index contributed by atoms with van der Waals surface area (Å²) in [5, 5.41) is 22.8. The normalized spacial score (nSPS) is 35.0. The SMILES string of the molecule is CCC1CCCCC1OCC(O)CNCC1CCC(O)C1. The predicted molar refractivity (Wildman–Crippen MR) is 84.2 cm³/mol. The summed E-state index contributed by atoms with van der Waals surface area (Å²) in [5.41, 5.74) is 0. The first-order valence-corrected chi connectivity index (χ1v) is 8.87. The number of aliphatic hydroxyl groups is 2. The molecule has 0 heterocycles. The largest absolute Gasteiger partial charge is 0.393 e. The zero-order chi connectivity index (χ0) is 15.1. The van der Waals surface area contributed by atoms with Crippen LogP contribution < -0.4 is 5.32 Å². The Morgan fingerprint density at radius 2 is 2.00 bits per heavy atom. The third-order valence-electron chi connectivity index (χ3n) is 5.19. The fourth-order valence-electron chi connectivity index (χ4n) is 3.84. The zero-order valence-electron chi connectivity index (χ0n) is 13.5. The molecule has 3 N–H and O–H groups in total. The van der Waals surface area contributed by atoms with Crippen molar-refractivity contribution in [2.45, 2.75) is 76.6 Å². The molecule has 2 fully saturated rings. The summed E-state index contributed by atoms with van der Waals surface area (Å²) < 4.78 is 5.96. The fraction of sp³-hybridized carbons (Fsp3) is 1.00. The van der Waals surface area contributed by atoms with Gasteiger partial charge >= 0.3 is 0 Å². The molecule has 4 heteroatoms. The minimum Gasteiger partial charge on any atom is -0.393 e. The maximum atomic E-state index is 10.0. The van der Waals surface area contributed by atoms with Crippen molar-refractivity contribution in [3.05, 3.63) is 0 Å². The Hall–Kier alpha value is -0.160. The maximum Gasteiger partial charge on any atom is 0.0897 e. The van der Waals surface area contributed by atoms with Crippen LogP contribution in [0.4, 0.5) is 0 Å². The summed E-state index contributed by atoms with van der Waals surface area (Å²) >= 11 is 0. The van der Waals surface area contributed by atoms with Gasteiger partial charge in [0, 0.05) is 6.54 Å². The molecule has 2 aliphatic rings. The standard InChI is InChI=1S/C17H33NO3/c1-2-14-5-3-4-6-17(14)21-12-16(20)11-18-10-13-7-8-15(19)9-13/h13-20H,2-12H2,1H3. The zero-order valence-corrected chi connectivity index (χ0v) is 13.5. The summed E-state index contributed by atoms with van der Waals surface area (Å²) in [7, 11) is 0. The van der Waals surface area contributed by atoms with E-state index in [0.717, 1.165) is 32.2 Å². The summed E-state index contributed by atoms with van der Waals surface area (Å²) in [6.45, 7) is 4.17. The lowest BCUT2D eigenvalue weighted by atomic mass is 9.85. The van der Waals surface area contributed by atoms with Gasteiger partial charge in [0.2, 0.25) is 0 Å². The summed E-state index contributed by atoms with van der Waals surface area (Å²) in [6, 6.07) is 0. The van der Waals surface area contributed by atoms with Crippen LogP contribution in [-0.4, -0.2) is 48.2 Å². The lowest BCUT2D eigenvalue weighted by Gasteiger charge is -2.31. The molecule has 2 rings (SSSR count). The number of hydrogen-bond donors (Lipinski definition) is 3. The van der Waals surface area contributed by atoms with Crippen LogP contribution in [0.1, 0.15) is 58.3 Å². The van der Waals surface area contributed by atoms with Crippen molar-refractivity contribution in [1.29, 1.82) is 0 Å². The molecule has 5 atom stereocenters. The minimum absolute atomic E-state index is 0.109. The van der Waals surface area contributed by atoms with Gasteiger partial charge in [0.05, 0.1) is 24.9 Å². The van der Waals surface area contributed by atoms with Crippen molar-refractivity contribution in [2.75, 3.05) is 19.7 Å². The first kappa shape index (κ1) is 17.2. The van der Waals surface area contributed by atoms with Crippen molar-refractivity contribution in [2.24, 2.45) is 11.8 Å². The molecule has 5 unspecified atom stereocenters. The molecule has 0 radical (unpaired) electrons. The highest BCUT2D eigenvalue weighted by atomic mass is 16.5. The third-order valence-corrected chi connectivity index (χ3v) is 5.19. The predicted octanol–water partition coefficient (Wildman–Crippen LogP) is 2.08. The summed E-state index contributed by atoms with van der Waals surface area (Å²) in [5.74, 6) is 1.25. The first-order chi connectivity index (χ1) is 10.2. The quantitative estimate of drug-likeness (QED) is 0.642. The Morgan fingerprint density at radius 1 is 1.19 bits per heavy atom. The van der Waals surface area contributed by atoms with E-state index in [9.17, 15) is 10.2 Å². The molecule has 2 aliphatic carbocycles. The Bertz CT molecular complexity index is 287. The minimum atomic E-state index is -0.421. The molecular weight excluding hydrogens is 266 g/mol. The van der Waals surface area contributed by atoms with Crippen LogP contribution in [0.3, 0.4) is 0 Å². The molecule has 0 spiro atoms. The van der Waals surface area contributed by atoms with Gasteiger partial charge in [-0.2, -0.15) is 0 Å². The Morgan fingerprint density at radius 3 is 2.71 bits per heavy atom. The Kier molecular flexibility index (Phi) is 7.44. The van der Waals surface area contributed by atoms with E-state index in [4.69, 9.17) is 4.74 Å². The first-order valence-electron chi connectivity index (χ1n) is 8.87. The van der Waals surface area contributed by atoms with E-state index in [1.807, 2.05) is 0 Å². The summed E-state index contributed by atoms with van der Waals surface area (Å²) in [6.07, 6.45) is 8.96. The monoisotopic (exact) mass is 299 g/mol. The van der Waals surface area contributed by atoms with Gasteiger partial charge < -0.3 is 20.3 Å². The van der Waals surface area contributed by atoms with E-state index in [-0.39, 0.29) is 6.10 Å². The van der Waals surface area contributed by atoms with Crippen LogP contribution in [0.5, 0.6) is 0 Å². The molecule has 0 amide bonds. The highest BCUT2D eigenvalue weighted by Crippen LogP contribution is 2.29. The molecule has 0 saturated heterocycles. The molecule has 0 aromatic carbocycles. The van der Waals surface area contributed by atoms with Crippen LogP contribution >= 0.6 is 0 Å². The topological polar surface area (TPSA) is 61.7 Å². The van der Waals surface area contributed by atoms with Gasteiger partial charge in [-0.3, -0.25) is 0 Å². The van der Waals surface area contributed by atoms with Gasteiger partial charge in [0.15, 0.2) is 0 Å². The molecule has 0 aliphatic heterocycles. The van der Waals surface area contributed by atoms with Crippen LogP contribution in [-0.2, 0) is 4.74 Å². The van der Waals surface area contributed by atoms with Gasteiger partial charge in [-0.25, -0.2) is 0 Å². The molecule has 21 heavy (non-hydrogen) atoms. The van der Waals surface area contributed by atoms with E-state index in [0.29, 0.717) is 31.1 Å². The van der Waals surface area contributed by atoms with E-state index in [1.54, 1.807) is 0 Å². The maximum absolute atomic E-state index is 10.0. The van der Waals surface area contributed by atoms with Crippen molar-refractivity contribution >= 4 is 0 Å². The second-order valence-corrected chi connectivity index (χ2v) is 6.97. The molecule has 0 aromatic rings. The molecular formula is C17H33NO3. The Balaban J connectivity index is 1.55. The fourth-order valence-corrected chi connectivity index (χ4v) is 3.84. The van der Waals surface area contributed by atoms with E-state index >= 15 is 0 Å². The Labute approximate surface area is 129 Å². The summed E-state index contributed by atoms with van der Waals surface area (Å²) in [4.78, 5) is 0. The van der Waals surface area contributed by atoms with Crippen LogP contribution in [0, 0.1) is 11.8 Å². The highest BCUT2D eigenvalue weighted by molar-refractivity contribution is 4.77. The average Bonchev–Trinajstić information content (AvgIpc) is 2.91. The van der Waals surface area contributed by atoms with Gasteiger partial charge in [-0.15, -0.1) is 0 Å². The van der Waals surface area contributed by atoms with Crippen molar-refractivity contribution in [3.63, 3.8) is 0 Å². The number of aliphatic hydroxyl groups excluding tert-OH is 2. The molecule has 0 aromatic heterocycles. The van der Waals surface area contributed by atoms with E-state index in [2.05, 4.69) is 12.2 Å².